The Morgan fingerprint density at radius 2 is 1.72 bits per heavy atom. The average molecular weight is 336 g/mol. The summed E-state index contributed by atoms with van der Waals surface area (Å²) in [6.45, 7) is 1.03. The van der Waals surface area contributed by atoms with Crippen molar-refractivity contribution in [1.29, 1.82) is 5.26 Å². The molecule has 0 aliphatic rings. The molecule has 0 aliphatic heterocycles. The minimum Gasteiger partial charge on any atom is -0.336 e. The predicted molar refractivity (Wildman–Crippen MR) is 98.9 cm³/mol. The molecule has 1 atom stereocenters. The van der Waals surface area contributed by atoms with Gasteiger partial charge >= 0.3 is 6.03 Å². The lowest BCUT2D eigenvalue weighted by atomic mass is 10.1. The Hall–Kier alpha value is -2.84. The van der Waals surface area contributed by atoms with Gasteiger partial charge in [-0.3, -0.25) is 0 Å². The minimum atomic E-state index is -0.118. The van der Waals surface area contributed by atoms with E-state index in [2.05, 4.69) is 28.4 Å². The summed E-state index contributed by atoms with van der Waals surface area (Å²) in [6.07, 6.45) is 0. The van der Waals surface area contributed by atoms with Crippen LogP contribution in [0.25, 0.3) is 0 Å². The number of rotatable bonds is 6. The summed E-state index contributed by atoms with van der Waals surface area (Å²) in [6, 6.07) is 19.5. The number of nitrogens with zero attached hydrogens (tertiary/aromatic N) is 3. The molecule has 130 valence electrons. The molecule has 1 unspecified atom stereocenters. The smallest absolute Gasteiger partial charge is 0.317 e. The monoisotopic (exact) mass is 336 g/mol. The van der Waals surface area contributed by atoms with E-state index < -0.39 is 0 Å². The summed E-state index contributed by atoms with van der Waals surface area (Å²) >= 11 is 0. The van der Waals surface area contributed by atoms with Crippen LogP contribution in [0.3, 0.4) is 0 Å². The normalized spacial score (nSPS) is 11.6. The van der Waals surface area contributed by atoms with Crippen molar-refractivity contribution in [2.45, 2.75) is 12.6 Å². The highest BCUT2D eigenvalue weighted by atomic mass is 16.2. The first-order valence-electron chi connectivity index (χ1n) is 8.20. The number of carbonyl (C=O) groups excluding carboxylic acids is 1. The topological polar surface area (TPSA) is 59.4 Å². The van der Waals surface area contributed by atoms with Gasteiger partial charge in [-0.15, -0.1) is 0 Å². The van der Waals surface area contributed by atoms with Crippen LogP contribution in [0.5, 0.6) is 0 Å². The fraction of sp³-hybridized carbons (Fsp3) is 0.300. The third kappa shape index (κ3) is 5.33. The molecule has 0 spiro atoms. The third-order valence-corrected chi connectivity index (χ3v) is 4.10. The van der Waals surface area contributed by atoms with E-state index in [9.17, 15) is 4.79 Å². The first kappa shape index (κ1) is 18.5. The zero-order chi connectivity index (χ0) is 18.2. The van der Waals surface area contributed by atoms with Crippen molar-refractivity contribution in [3.8, 4) is 6.07 Å². The van der Waals surface area contributed by atoms with Crippen molar-refractivity contribution >= 4 is 6.03 Å². The number of hydrogen-bond donors (Lipinski definition) is 1. The molecule has 0 saturated carbocycles. The number of amides is 2. The molecule has 5 heteroatoms. The number of carbonyl (C=O) groups is 1. The van der Waals surface area contributed by atoms with E-state index in [-0.39, 0.29) is 12.1 Å². The second-order valence-corrected chi connectivity index (χ2v) is 6.24. The molecule has 2 aromatic carbocycles. The summed E-state index contributed by atoms with van der Waals surface area (Å²) < 4.78 is 0. The average Bonchev–Trinajstić information content (AvgIpc) is 2.63. The van der Waals surface area contributed by atoms with Crippen molar-refractivity contribution in [2.75, 3.05) is 27.7 Å². The van der Waals surface area contributed by atoms with Crippen LogP contribution in [0, 0.1) is 11.3 Å². The maximum Gasteiger partial charge on any atom is 0.317 e. The van der Waals surface area contributed by atoms with E-state index in [1.165, 1.54) is 5.56 Å². The molecule has 0 radical (unpaired) electrons. The fourth-order valence-corrected chi connectivity index (χ4v) is 2.62. The minimum absolute atomic E-state index is 0.118. The molecule has 2 amide bonds. The second kappa shape index (κ2) is 8.86. The van der Waals surface area contributed by atoms with E-state index in [0.717, 1.165) is 5.56 Å². The zero-order valence-corrected chi connectivity index (χ0v) is 14.9. The Morgan fingerprint density at radius 3 is 2.28 bits per heavy atom. The number of urea groups is 1. The molecule has 0 fully saturated rings. The lowest BCUT2D eigenvalue weighted by Crippen LogP contribution is -2.41. The van der Waals surface area contributed by atoms with E-state index in [4.69, 9.17) is 5.26 Å². The molecule has 0 aromatic heterocycles. The van der Waals surface area contributed by atoms with Gasteiger partial charge in [-0.05, 0) is 37.4 Å². The number of nitrogens with one attached hydrogen (secondary N) is 1. The van der Waals surface area contributed by atoms with Gasteiger partial charge in [0.25, 0.3) is 0 Å². The highest BCUT2D eigenvalue weighted by Crippen LogP contribution is 2.16. The molecule has 0 aliphatic carbocycles. The predicted octanol–water partition coefficient (Wildman–Crippen LogP) is 3.00. The van der Waals surface area contributed by atoms with Crippen LogP contribution in [0.1, 0.15) is 22.7 Å². The molecular weight excluding hydrogens is 312 g/mol. The van der Waals surface area contributed by atoms with Gasteiger partial charge in [0.2, 0.25) is 0 Å². The maximum absolute atomic E-state index is 12.4. The van der Waals surface area contributed by atoms with Gasteiger partial charge in [0.15, 0.2) is 0 Å². The van der Waals surface area contributed by atoms with Gasteiger partial charge in [0, 0.05) is 20.1 Å². The van der Waals surface area contributed by atoms with Crippen molar-refractivity contribution in [1.82, 2.24) is 15.1 Å². The van der Waals surface area contributed by atoms with Crippen LogP contribution in [-0.4, -0.2) is 43.5 Å². The zero-order valence-electron chi connectivity index (χ0n) is 14.9. The highest BCUT2D eigenvalue weighted by Gasteiger charge is 2.16. The van der Waals surface area contributed by atoms with Crippen LogP contribution in [0.4, 0.5) is 4.79 Å². The second-order valence-electron chi connectivity index (χ2n) is 6.24. The van der Waals surface area contributed by atoms with E-state index in [1.807, 2.05) is 44.4 Å². The molecule has 25 heavy (non-hydrogen) atoms. The number of hydrogen-bond acceptors (Lipinski definition) is 3. The standard InChI is InChI=1S/C20H24N4O/c1-23(2)19(18-7-5-4-6-8-18)14-22-20(25)24(3)15-17-11-9-16(13-21)10-12-17/h4-12,19H,14-15H2,1-3H3,(H,22,25). The Balaban J connectivity index is 1.92. The van der Waals surface area contributed by atoms with E-state index in [0.29, 0.717) is 18.7 Å². The van der Waals surface area contributed by atoms with E-state index in [1.54, 1.807) is 24.1 Å². The summed E-state index contributed by atoms with van der Waals surface area (Å²) in [5.74, 6) is 0. The Bertz CT molecular complexity index is 720. The molecule has 5 nitrogen and oxygen atoms in total. The summed E-state index contributed by atoms with van der Waals surface area (Å²) in [7, 11) is 5.77. The van der Waals surface area contributed by atoms with E-state index >= 15 is 0 Å². The third-order valence-electron chi connectivity index (χ3n) is 4.10. The molecule has 2 rings (SSSR count). The van der Waals surface area contributed by atoms with Crippen molar-refractivity contribution in [3.05, 3.63) is 71.3 Å². The van der Waals surface area contributed by atoms with Crippen LogP contribution in [0.15, 0.2) is 54.6 Å². The Morgan fingerprint density at radius 1 is 1.08 bits per heavy atom. The molecule has 0 saturated heterocycles. The quantitative estimate of drug-likeness (QED) is 0.882. The van der Waals surface area contributed by atoms with Gasteiger partial charge in [-0.1, -0.05) is 42.5 Å². The van der Waals surface area contributed by atoms with Crippen LogP contribution >= 0.6 is 0 Å². The van der Waals surface area contributed by atoms with Crippen LogP contribution in [-0.2, 0) is 6.54 Å². The van der Waals surface area contributed by atoms with Gasteiger partial charge in [0.1, 0.15) is 0 Å². The first-order valence-corrected chi connectivity index (χ1v) is 8.20. The van der Waals surface area contributed by atoms with Crippen LogP contribution < -0.4 is 5.32 Å². The Labute approximate surface area is 149 Å². The summed E-state index contributed by atoms with van der Waals surface area (Å²) in [5.41, 5.74) is 2.78. The van der Waals surface area contributed by atoms with Crippen molar-refractivity contribution in [3.63, 3.8) is 0 Å². The number of nitriles is 1. The lowest BCUT2D eigenvalue weighted by Gasteiger charge is -2.26. The lowest BCUT2D eigenvalue weighted by molar-refractivity contribution is 0.200. The first-order chi connectivity index (χ1) is 12.0. The molecule has 2 aromatic rings. The largest absolute Gasteiger partial charge is 0.336 e. The van der Waals surface area contributed by atoms with Crippen LogP contribution in [0.2, 0.25) is 0 Å². The number of likely N-dealkylation sites (N-methyl/N-ethyl adjacent to an activating group) is 1. The van der Waals surface area contributed by atoms with Gasteiger partial charge in [-0.2, -0.15) is 5.26 Å². The van der Waals surface area contributed by atoms with Crippen molar-refractivity contribution < 1.29 is 4.79 Å². The SMILES string of the molecule is CN(Cc1ccc(C#N)cc1)C(=O)NCC(c1ccccc1)N(C)C. The van der Waals surface area contributed by atoms with Crippen molar-refractivity contribution in [2.24, 2.45) is 0 Å². The molecule has 1 N–H and O–H groups in total. The molecular formula is C20H24N4O. The Kier molecular flexibility index (Phi) is 6.55. The number of benzene rings is 2. The van der Waals surface area contributed by atoms with Gasteiger partial charge < -0.3 is 15.1 Å². The molecule has 0 bridgehead atoms. The summed E-state index contributed by atoms with van der Waals surface area (Å²) in [4.78, 5) is 16.1. The highest BCUT2D eigenvalue weighted by molar-refractivity contribution is 5.73. The fourth-order valence-electron chi connectivity index (χ4n) is 2.62. The van der Waals surface area contributed by atoms with Gasteiger partial charge in [0.05, 0.1) is 17.7 Å². The maximum atomic E-state index is 12.4. The summed E-state index contributed by atoms with van der Waals surface area (Å²) in [5, 5.41) is 11.8. The van der Waals surface area contributed by atoms with Gasteiger partial charge in [-0.25, -0.2) is 4.79 Å². The molecule has 0 heterocycles.